The van der Waals surface area contributed by atoms with Crippen LogP contribution in [-0.2, 0) is 20.9 Å². The average Bonchev–Trinajstić information content (AvgIpc) is 3.09. The number of hydrogen-bond acceptors (Lipinski definition) is 4. The third-order valence-corrected chi connectivity index (χ3v) is 4.89. The molecule has 1 heterocycles. The van der Waals surface area contributed by atoms with Gasteiger partial charge in [0.15, 0.2) is 0 Å². The van der Waals surface area contributed by atoms with E-state index in [0.717, 1.165) is 5.56 Å². The van der Waals surface area contributed by atoms with Crippen LogP contribution in [0.3, 0.4) is 0 Å². The molecule has 2 aliphatic rings. The Bertz CT molecular complexity index is 909. The predicted molar refractivity (Wildman–Crippen MR) is 104 cm³/mol. The number of carbonyl (C=O) groups is 2. The number of esters is 1. The van der Waals surface area contributed by atoms with Crippen molar-refractivity contribution >= 4 is 35.1 Å². The minimum atomic E-state index is -0.999. The fourth-order valence-electron chi connectivity index (χ4n) is 3.04. The lowest BCUT2D eigenvalue weighted by Crippen LogP contribution is -2.34. The van der Waals surface area contributed by atoms with Crippen molar-refractivity contribution in [2.45, 2.75) is 39.0 Å². The van der Waals surface area contributed by atoms with Crippen molar-refractivity contribution in [1.29, 1.82) is 0 Å². The van der Waals surface area contributed by atoms with Gasteiger partial charge in [-0.15, -0.1) is 0 Å². The van der Waals surface area contributed by atoms with Crippen LogP contribution in [0.4, 0.5) is 0 Å². The molecule has 1 N–H and O–H groups in total. The van der Waals surface area contributed by atoms with Gasteiger partial charge in [-0.05, 0) is 56.7 Å². The highest BCUT2D eigenvalue weighted by Crippen LogP contribution is 2.39. The van der Waals surface area contributed by atoms with Crippen molar-refractivity contribution in [1.82, 2.24) is 4.90 Å². The van der Waals surface area contributed by atoms with Crippen LogP contribution in [0.1, 0.15) is 26.3 Å². The number of halogens is 2. The molecular weight excluding hydrogens is 389 g/mol. The van der Waals surface area contributed by atoms with Gasteiger partial charge in [0.25, 0.3) is 0 Å². The van der Waals surface area contributed by atoms with Crippen molar-refractivity contribution in [3.8, 4) is 0 Å². The summed E-state index contributed by atoms with van der Waals surface area (Å²) in [6, 6.07) is 4.29. The molecule has 1 aromatic carbocycles. The van der Waals surface area contributed by atoms with Gasteiger partial charge >= 0.3 is 11.9 Å². The Hall–Kier alpha value is -2.24. The summed E-state index contributed by atoms with van der Waals surface area (Å²) in [6.07, 6.45) is 4.98. The fourth-order valence-corrected chi connectivity index (χ4v) is 3.36. The van der Waals surface area contributed by atoms with E-state index in [0.29, 0.717) is 33.4 Å². The van der Waals surface area contributed by atoms with Crippen LogP contribution in [-0.4, -0.2) is 33.6 Å². The molecule has 7 heteroatoms. The average molecular weight is 408 g/mol. The minimum Gasteiger partial charge on any atom is -0.479 e. The Morgan fingerprint density at radius 1 is 1.19 bits per heavy atom. The summed E-state index contributed by atoms with van der Waals surface area (Å²) in [6.45, 7) is 5.67. The number of carboxylic acid groups (broad SMARTS) is 1. The SMILES string of the molecule is CC(C)(C)OC(=O)C1=CC=C2C1=CC(C(=O)O)N2Cc1ccc(Cl)c(Cl)c1. The highest BCUT2D eigenvalue weighted by Gasteiger charge is 2.39. The first kappa shape index (κ1) is 19.5. The smallest absolute Gasteiger partial charge is 0.339 e. The number of carboxylic acids is 1. The number of fused-ring (bicyclic) bond motifs is 1. The maximum atomic E-state index is 12.5. The van der Waals surface area contributed by atoms with Crippen LogP contribution < -0.4 is 0 Å². The summed E-state index contributed by atoms with van der Waals surface area (Å²) in [5.41, 5.74) is 1.80. The van der Waals surface area contributed by atoms with E-state index in [1.807, 2.05) is 0 Å². The first-order valence-corrected chi connectivity index (χ1v) is 9.13. The zero-order chi connectivity index (χ0) is 19.9. The molecule has 5 nitrogen and oxygen atoms in total. The van der Waals surface area contributed by atoms with Crippen molar-refractivity contribution < 1.29 is 19.4 Å². The number of rotatable bonds is 4. The van der Waals surface area contributed by atoms with E-state index in [2.05, 4.69) is 0 Å². The molecule has 0 saturated heterocycles. The van der Waals surface area contributed by atoms with Gasteiger partial charge in [0.2, 0.25) is 0 Å². The molecule has 0 radical (unpaired) electrons. The number of aliphatic carboxylic acids is 1. The zero-order valence-electron chi connectivity index (χ0n) is 15.1. The molecule has 0 amide bonds. The van der Waals surface area contributed by atoms with E-state index in [9.17, 15) is 14.7 Å². The van der Waals surface area contributed by atoms with Gasteiger partial charge in [-0.25, -0.2) is 9.59 Å². The molecule has 1 aliphatic carbocycles. The maximum absolute atomic E-state index is 12.5. The van der Waals surface area contributed by atoms with E-state index in [-0.39, 0.29) is 0 Å². The van der Waals surface area contributed by atoms with Gasteiger partial charge in [0.05, 0.1) is 15.6 Å². The number of allylic oxidation sites excluding steroid dienone is 3. The lowest BCUT2D eigenvalue weighted by molar-refractivity contribution is -0.149. The molecule has 0 bridgehead atoms. The van der Waals surface area contributed by atoms with E-state index in [4.69, 9.17) is 27.9 Å². The van der Waals surface area contributed by atoms with E-state index >= 15 is 0 Å². The van der Waals surface area contributed by atoms with Crippen LogP contribution in [0.15, 0.2) is 53.3 Å². The summed E-state index contributed by atoms with van der Waals surface area (Å²) >= 11 is 12.0. The topological polar surface area (TPSA) is 66.8 Å². The molecule has 0 saturated carbocycles. The van der Waals surface area contributed by atoms with Gasteiger partial charge in [0.1, 0.15) is 11.6 Å². The fraction of sp³-hybridized carbons (Fsp3) is 0.300. The number of hydrogen-bond donors (Lipinski definition) is 1. The van der Waals surface area contributed by atoms with Crippen molar-refractivity contribution in [3.63, 3.8) is 0 Å². The summed E-state index contributed by atoms with van der Waals surface area (Å²) in [5.74, 6) is -1.47. The van der Waals surface area contributed by atoms with Crippen LogP contribution in [0, 0.1) is 0 Å². The molecule has 0 spiro atoms. The highest BCUT2D eigenvalue weighted by molar-refractivity contribution is 6.42. The van der Waals surface area contributed by atoms with Crippen molar-refractivity contribution in [3.05, 3.63) is 68.9 Å². The third kappa shape index (κ3) is 4.04. The Balaban J connectivity index is 1.86. The lowest BCUT2D eigenvalue weighted by atomic mass is 10.1. The summed E-state index contributed by atoms with van der Waals surface area (Å²) in [7, 11) is 0. The molecule has 142 valence electrons. The molecule has 1 unspecified atom stereocenters. The minimum absolute atomic E-state index is 0.315. The van der Waals surface area contributed by atoms with Crippen molar-refractivity contribution in [2.24, 2.45) is 0 Å². The van der Waals surface area contributed by atoms with Gasteiger partial charge in [0, 0.05) is 17.8 Å². The number of ether oxygens (including phenoxy) is 1. The van der Waals surface area contributed by atoms with E-state index in [1.165, 1.54) is 0 Å². The van der Waals surface area contributed by atoms with Gasteiger partial charge < -0.3 is 14.7 Å². The quantitative estimate of drug-likeness (QED) is 0.751. The molecule has 27 heavy (non-hydrogen) atoms. The zero-order valence-corrected chi connectivity index (χ0v) is 16.6. The second kappa shape index (κ2) is 7.06. The third-order valence-electron chi connectivity index (χ3n) is 4.15. The van der Waals surface area contributed by atoms with Crippen LogP contribution in [0.2, 0.25) is 10.0 Å². The second-order valence-electron chi connectivity index (χ2n) is 7.37. The molecule has 1 aromatic rings. The number of carbonyl (C=O) groups excluding carboxylic acids is 1. The van der Waals surface area contributed by atoms with Gasteiger partial charge in [-0.2, -0.15) is 0 Å². The molecule has 0 aromatic heterocycles. The molecule has 0 fully saturated rings. The standard InChI is InChI=1S/C20H19Cl2NO4/c1-20(2,3)27-19(26)12-5-7-16-13(12)9-17(18(24)25)23(16)10-11-4-6-14(21)15(22)8-11/h4-9,17H,10H2,1-3H3,(H,24,25). The molecular formula is C20H19Cl2NO4. The Labute approximate surface area is 167 Å². The number of benzene rings is 1. The Morgan fingerprint density at radius 3 is 2.48 bits per heavy atom. The van der Waals surface area contributed by atoms with Gasteiger partial charge in [-0.3, -0.25) is 0 Å². The first-order valence-electron chi connectivity index (χ1n) is 8.38. The summed E-state index contributed by atoms with van der Waals surface area (Å²) < 4.78 is 5.43. The van der Waals surface area contributed by atoms with E-state index < -0.39 is 23.6 Å². The lowest BCUT2D eigenvalue weighted by Gasteiger charge is -2.25. The van der Waals surface area contributed by atoms with E-state index in [1.54, 1.807) is 62.1 Å². The predicted octanol–water partition coefficient (Wildman–Crippen LogP) is 4.35. The maximum Gasteiger partial charge on any atom is 0.339 e. The highest BCUT2D eigenvalue weighted by atomic mass is 35.5. The van der Waals surface area contributed by atoms with Crippen LogP contribution >= 0.6 is 23.2 Å². The van der Waals surface area contributed by atoms with Gasteiger partial charge in [-0.1, -0.05) is 29.3 Å². The Morgan fingerprint density at radius 2 is 1.89 bits per heavy atom. The first-order chi connectivity index (χ1) is 12.6. The molecule has 1 atom stereocenters. The molecule has 1 aliphatic heterocycles. The molecule has 3 rings (SSSR count). The summed E-state index contributed by atoms with van der Waals surface area (Å²) in [4.78, 5) is 25.9. The normalized spacial score (nSPS) is 18.6. The monoisotopic (exact) mass is 407 g/mol. The van der Waals surface area contributed by atoms with Crippen LogP contribution in [0.25, 0.3) is 0 Å². The number of nitrogens with zero attached hydrogens (tertiary/aromatic N) is 1. The second-order valence-corrected chi connectivity index (χ2v) is 8.19. The summed E-state index contributed by atoms with van der Waals surface area (Å²) in [5, 5.41) is 10.5. The van der Waals surface area contributed by atoms with Crippen molar-refractivity contribution in [2.75, 3.05) is 0 Å². The van der Waals surface area contributed by atoms with Crippen LogP contribution in [0.5, 0.6) is 0 Å². The largest absolute Gasteiger partial charge is 0.479 e. The Kier molecular flexibility index (Phi) is 5.10.